The highest BCUT2D eigenvalue weighted by molar-refractivity contribution is 14.1. The lowest BCUT2D eigenvalue weighted by atomic mass is 9.90. The summed E-state index contributed by atoms with van der Waals surface area (Å²) in [5.74, 6) is 0.537. The van der Waals surface area contributed by atoms with Gasteiger partial charge in [0.25, 0.3) is 0 Å². The number of Topliss-reactive ketones (excluding diaryl/α,β-unsaturated/α-hetero) is 1. The van der Waals surface area contributed by atoms with Crippen molar-refractivity contribution >= 4 is 28.4 Å². The Labute approximate surface area is 112 Å². The fourth-order valence-electron chi connectivity index (χ4n) is 1.95. The van der Waals surface area contributed by atoms with Gasteiger partial charge in [-0.15, -0.1) is 0 Å². The van der Waals surface area contributed by atoms with E-state index in [1.165, 1.54) is 3.57 Å². The number of hydrogen-bond donors (Lipinski definition) is 0. The van der Waals surface area contributed by atoms with Gasteiger partial charge in [0.1, 0.15) is 0 Å². The Morgan fingerprint density at radius 1 is 1.12 bits per heavy atom. The van der Waals surface area contributed by atoms with Gasteiger partial charge in [-0.25, -0.2) is 0 Å². The van der Waals surface area contributed by atoms with Gasteiger partial charge in [-0.1, -0.05) is 38.8 Å². The Morgan fingerprint density at radius 2 is 1.62 bits per heavy atom. The van der Waals surface area contributed by atoms with Crippen molar-refractivity contribution in [3.05, 3.63) is 33.4 Å². The quantitative estimate of drug-likeness (QED) is 0.546. The Kier molecular flexibility index (Phi) is 6.03. The van der Waals surface area contributed by atoms with Crippen molar-refractivity contribution in [3.63, 3.8) is 0 Å². The summed E-state index contributed by atoms with van der Waals surface area (Å²) >= 11 is 2.26. The van der Waals surface area contributed by atoms with E-state index >= 15 is 0 Å². The van der Waals surface area contributed by atoms with Gasteiger partial charge in [-0.2, -0.15) is 0 Å². The monoisotopic (exact) mass is 330 g/mol. The molecule has 0 radical (unpaired) electrons. The average molecular weight is 330 g/mol. The fraction of sp³-hybridized carbons (Fsp3) is 0.500. The predicted octanol–water partition coefficient (Wildman–Crippen LogP) is 4.69. The van der Waals surface area contributed by atoms with Gasteiger partial charge < -0.3 is 0 Å². The highest BCUT2D eigenvalue weighted by Gasteiger charge is 2.17. The van der Waals surface area contributed by atoms with E-state index in [1.54, 1.807) is 0 Å². The molecule has 1 rings (SSSR count). The number of benzene rings is 1. The van der Waals surface area contributed by atoms with E-state index in [2.05, 4.69) is 36.4 Å². The van der Waals surface area contributed by atoms with Crippen molar-refractivity contribution in [1.82, 2.24) is 0 Å². The molecule has 88 valence electrons. The molecule has 0 saturated carbocycles. The second kappa shape index (κ2) is 7.05. The highest BCUT2D eigenvalue weighted by atomic mass is 127. The number of ketones is 1. The zero-order valence-electron chi connectivity index (χ0n) is 10.0. The minimum Gasteiger partial charge on any atom is -0.294 e. The van der Waals surface area contributed by atoms with Crippen molar-refractivity contribution in [2.24, 2.45) is 5.92 Å². The van der Waals surface area contributed by atoms with Crippen LogP contribution in [0.1, 0.15) is 49.9 Å². The number of halogens is 1. The molecule has 1 aromatic carbocycles. The van der Waals surface area contributed by atoms with Crippen molar-refractivity contribution in [2.45, 2.75) is 39.5 Å². The second-order valence-corrected chi connectivity index (χ2v) is 5.39. The number of carbonyl (C=O) groups excluding carboxylic acids is 1. The van der Waals surface area contributed by atoms with Gasteiger partial charge in [0.05, 0.1) is 0 Å². The molecule has 0 fully saturated rings. The SMILES string of the molecule is CCCC(CCC)C(=O)c1ccc(I)cc1. The van der Waals surface area contributed by atoms with Crippen LogP contribution in [0.5, 0.6) is 0 Å². The number of rotatable bonds is 6. The molecule has 0 aliphatic carbocycles. The van der Waals surface area contributed by atoms with Crippen molar-refractivity contribution in [1.29, 1.82) is 0 Å². The first-order valence-electron chi connectivity index (χ1n) is 5.98. The summed E-state index contributed by atoms with van der Waals surface area (Å²) in [5, 5.41) is 0. The largest absolute Gasteiger partial charge is 0.294 e. The van der Waals surface area contributed by atoms with Crippen LogP contribution in [0.3, 0.4) is 0 Å². The molecule has 1 nitrogen and oxygen atoms in total. The van der Waals surface area contributed by atoms with Crippen molar-refractivity contribution < 1.29 is 4.79 Å². The number of hydrogen-bond acceptors (Lipinski definition) is 1. The van der Waals surface area contributed by atoms with E-state index in [0.29, 0.717) is 5.78 Å². The first-order valence-corrected chi connectivity index (χ1v) is 7.06. The van der Waals surface area contributed by atoms with E-state index in [-0.39, 0.29) is 5.92 Å². The Morgan fingerprint density at radius 3 is 2.06 bits per heavy atom. The van der Waals surface area contributed by atoms with Crippen LogP contribution in [0.25, 0.3) is 0 Å². The normalized spacial score (nSPS) is 10.8. The third-order valence-electron chi connectivity index (χ3n) is 2.77. The molecule has 0 aromatic heterocycles. The molecule has 0 N–H and O–H groups in total. The van der Waals surface area contributed by atoms with E-state index in [1.807, 2.05) is 24.3 Å². The summed E-state index contributed by atoms with van der Waals surface area (Å²) in [4.78, 5) is 12.2. The number of carbonyl (C=O) groups is 1. The van der Waals surface area contributed by atoms with E-state index in [0.717, 1.165) is 31.2 Å². The molecular formula is C14H19IO. The van der Waals surface area contributed by atoms with Crippen LogP contribution in [-0.2, 0) is 0 Å². The van der Waals surface area contributed by atoms with Crippen LogP contribution in [0.2, 0.25) is 0 Å². The van der Waals surface area contributed by atoms with Crippen molar-refractivity contribution in [2.75, 3.05) is 0 Å². The zero-order chi connectivity index (χ0) is 12.0. The molecule has 0 aliphatic heterocycles. The van der Waals surface area contributed by atoms with Gasteiger partial charge in [0.15, 0.2) is 5.78 Å². The fourth-order valence-corrected chi connectivity index (χ4v) is 2.31. The highest BCUT2D eigenvalue weighted by Crippen LogP contribution is 2.20. The molecule has 0 atom stereocenters. The molecule has 0 saturated heterocycles. The van der Waals surface area contributed by atoms with Gasteiger partial charge in [0.2, 0.25) is 0 Å². The molecule has 16 heavy (non-hydrogen) atoms. The summed E-state index contributed by atoms with van der Waals surface area (Å²) in [6, 6.07) is 7.90. The second-order valence-electron chi connectivity index (χ2n) is 4.15. The van der Waals surface area contributed by atoms with Gasteiger partial charge in [0, 0.05) is 15.1 Å². The smallest absolute Gasteiger partial charge is 0.165 e. The zero-order valence-corrected chi connectivity index (χ0v) is 12.2. The third kappa shape index (κ3) is 3.89. The van der Waals surface area contributed by atoms with Gasteiger partial charge >= 0.3 is 0 Å². The predicted molar refractivity (Wildman–Crippen MR) is 76.8 cm³/mol. The molecule has 0 amide bonds. The first kappa shape index (κ1) is 13.7. The standard InChI is InChI=1S/C14H19IO/c1-3-5-11(6-4-2)14(16)12-7-9-13(15)10-8-12/h7-11H,3-6H2,1-2H3. The molecule has 0 unspecified atom stereocenters. The lowest BCUT2D eigenvalue weighted by molar-refractivity contribution is 0.0905. The lowest BCUT2D eigenvalue weighted by Gasteiger charge is -2.13. The van der Waals surface area contributed by atoms with Crippen LogP contribution in [0.15, 0.2) is 24.3 Å². The maximum atomic E-state index is 12.2. The summed E-state index contributed by atoms with van der Waals surface area (Å²) < 4.78 is 1.18. The maximum absolute atomic E-state index is 12.2. The molecule has 0 aliphatic rings. The summed E-state index contributed by atoms with van der Waals surface area (Å²) in [5.41, 5.74) is 0.868. The van der Waals surface area contributed by atoms with Crippen LogP contribution in [-0.4, -0.2) is 5.78 Å². The minimum absolute atomic E-state index is 0.218. The Bertz CT molecular complexity index is 323. The van der Waals surface area contributed by atoms with E-state index < -0.39 is 0 Å². The van der Waals surface area contributed by atoms with E-state index in [4.69, 9.17) is 0 Å². The Balaban J connectivity index is 2.77. The van der Waals surface area contributed by atoms with Crippen LogP contribution >= 0.6 is 22.6 Å². The molecule has 0 bridgehead atoms. The molecule has 1 aromatic rings. The molecule has 0 heterocycles. The van der Waals surface area contributed by atoms with Gasteiger partial charge in [-0.05, 0) is 47.6 Å². The lowest BCUT2D eigenvalue weighted by Crippen LogP contribution is -2.14. The first-order chi connectivity index (χ1) is 7.69. The minimum atomic E-state index is 0.218. The molecule has 0 spiro atoms. The van der Waals surface area contributed by atoms with Crippen molar-refractivity contribution in [3.8, 4) is 0 Å². The maximum Gasteiger partial charge on any atom is 0.165 e. The van der Waals surface area contributed by atoms with Crippen LogP contribution in [0, 0.1) is 9.49 Å². The van der Waals surface area contributed by atoms with E-state index in [9.17, 15) is 4.79 Å². The molecular weight excluding hydrogens is 311 g/mol. The van der Waals surface area contributed by atoms with Crippen LogP contribution in [0.4, 0.5) is 0 Å². The Hall–Kier alpha value is -0.380. The van der Waals surface area contributed by atoms with Gasteiger partial charge in [-0.3, -0.25) is 4.79 Å². The average Bonchev–Trinajstić information content (AvgIpc) is 2.29. The van der Waals surface area contributed by atoms with Crippen LogP contribution < -0.4 is 0 Å². The third-order valence-corrected chi connectivity index (χ3v) is 3.49. The summed E-state index contributed by atoms with van der Waals surface area (Å²) in [7, 11) is 0. The summed E-state index contributed by atoms with van der Waals surface area (Å²) in [6.07, 6.45) is 4.19. The molecule has 2 heteroatoms. The topological polar surface area (TPSA) is 17.1 Å². The summed E-state index contributed by atoms with van der Waals surface area (Å²) in [6.45, 7) is 4.29.